The van der Waals surface area contributed by atoms with E-state index in [1.54, 1.807) is 6.20 Å². The van der Waals surface area contributed by atoms with Gasteiger partial charge in [0.1, 0.15) is 4.47 Å². The minimum atomic E-state index is -0.0392. The maximum absolute atomic E-state index is 12.2. The number of nitrogens with one attached hydrogen (secondary N) is 1. The van der Waals surface area contributed by atoms with Crippen molar-refractivity contribution < 1.29 is 0 Å². The highest BCUT2D eigenvalue weighted by molar-refractivity contribution is 9.10. The molecule has 1 aromatic rings. The van der Waals surface area contributed by atoms with Crippen LogP contribution in [-0.2, 0) is 6.54 Å². The van der Waals surface area contributed by atoms with Crippen LogP contribution in [0, 0.1) is 5.92 Å². The summed E-state index contributed by atoms with van der Waals surface area (Å²) in [7, 11) is 0. The summed E-state index contributed by atoms with van der Waals surface area (Å²) < 4.78 is 2.14. The lowest BCUT2D eigenvalue weighted by Gasteiger charge is -2.22. The summed E-state index contributed by atoms with van der Waals surface area (Å²) in [4.78, 5) is 12.2. The molecule has 0 saturated carbocycles. The van der Waals surface area contributed by atoms with Crippen LogP contribution in [0.3, 0.4) is 0 Å². The number of anilines is 1. The van der Waals surface area contributed by atoms with Crippen LogP contribution in [0.1, 0.15) is 32.6 Å². The molecule has 112 valence electrons. The molecule has 1 saturated heterocycles. The summed E-state index contributed by atoms with van der Waals surface area (Å²) in [5, 5.41) is 7.62. The second kappa shape index (κ2) is 8.08. The summed E-state index contributed by atoms with van der Waals surface area (Å²) >= 11 is 5.44. The quantitative estimate of drug-likeness (QED) is 0.845. The lowest BCUT2D eigenvalue weighted by molar-refractivity contribution is 0.514. The van der Waals surface area contributed by atoms with Crippen LogP contribution in [0.15, 0.2) is 15.5 Å². The first-order chi connectivity index (χ1) is 9.72. The minimum Gasteiger partial charge on any atom is -0.382 e. The molecule has 0 aromatic carbocycles. The molecule has 4 nitrogen and oxygen atoms in total. The number of aryl methyl sites for hydroxylation is 1. The second-order valence-electron chi connectivity index (χ2n) is 5.19. The van der Waals surface area contributed by atoms with Gasteiger partial charge in [0.25, 0.3) is 5.56 Å². The van der Waals surface area contributed by atoms with Crippen LogP contribution in [0.4, 0.5) is 5.69 Å². The average Bonchev–Trinajstić information content (AvgIpc) is 2.49. The van der Waals surface area contributed by atoms with Gasteiger partial charge in [-0.2, -0.15) is 16.9 Å². The van der Waals surface area contributed by atoms with Crippen LogP contribution in [-0.4, -0.2) is 27.8 Å². The Morgan fingerprint density at radius 2 is 2.25 bits per heavy atom. The van der Waals surface area contributed by atoms with Gasteiger partial charge in [0.15, 0.2) is 0 Å². The van der Waals surface area contributed by atoms with E-state index in [1.165, 1.54) is 29.0 Å². The van der Waals surface area contributed by atoms with Crippen molar-refractivity contribution in [3.05, 3.63) is 21.0 Å². The van der Waals surface area contributed by atoms with Crippen molar-refractivity contribution in [2.45, 2.75) is 39.2 Å². The maximum Gasteiger partial charge on any atom is 0.283 e. The van der Waals surface area contributed by atoms with E-state index in [1.807, 2.05) is 11.8 Å². The molecule has 1 aliphatic heterocycles. The van der Waals surface area contributed by atoms with E-state index in [9.17, 15) is 4.79 Å². The monoisotopic (exact) mass is 359 g/mol. The summed E-state index contributed by atoms with van der Waals surface area (Å²) in [5.74, 6) is 3.22. The van der Waals surface area contributed by atoms with Gasteiger partial charge in [-0.1, -0.05) is 13.3 Å². The second-order valence-corrected chi connectivity index (χ2v) is 7.21. The van der Waals surface area contributed by atoms with Crippen molar-refractivity contribution in [1.29, 1.82) is 0 Å². The van der Waals surface area contributed by atoms with Crippen molar-refractivity contribution in [2.24, 2.45) is 5.92 Å². The molecule has 0 unspecified atom stereocenters. The predicted octanol–water partition coefficient (Wildman–Crippen LogP) is 3.36. The van der Waals surface area contributed by atoms with Gasteiger partial charge in [-0.05, 0) is 52.6 Å². The normalized spacial score (nSPS) is 16.3. The number of hydrogen-bond donors (Lipinski definition) is 1. The van der Waals surface area contributed by atoms with Crippen molar-refractivity contribution >= 4 is 33.4 Å². The van der Waals surface area contributed by atoms with Gasteiger partial charge in [0, 0.05) is 13.1 Å². The first-order valence-electron chi connectivity index (χ1n) is 7.29. The molecular formula is C14H22BrN3OS. The fourth-order valence-electron chi connectivity index (χ4n) is 2.26. The van der Waals surface area contributed by atoms with E-state index in [0.29, 0.717) is 16.9 Å². The number of rotatable bonds is 6. The Hall–Kier alpha value is -0.490. The van der Waals surface area contributed by atoms with Crippen LogP contribution in [0.25, 0.3) is 0 Å². The predicted molar refractivity (Wildman–Crippen MR) is 89.6 cm³/mol. The van der Waals surface area contributed by atoms with E-state index in [2.05, 4.69) is 33.3 Å². The Morgan fingerprint density at radius 3 is 2.95 bits per heavy atom. The van der Waals surface area contributed by atoms with Crippen molar-refractivity contribution in [3.8, 4) is 0 Å². The highest BCUT2D eigenvalue weighted by Crippen LogP contribution is 2.24. The number of thioether (sulfide) groups is 1. The Labute approximate surface area is 132 Å². The molecular weight excluding hydrogens is 338 g/mol. The average molecular weight is 360 g/mol. The topological polar surface area (TPSA) is 46.9 Å². The van der Waals surface area contributed by atoms with E-state index < -0.39 is 0 Å². The summed E-state index contributed by atoms with van der Waals surface area (Å²) in [6.07, 6.45) is 6.32. The first kappa shape index (κ1) is 15.9. The third kappa shape index (κ3) is 4.25. The van der Waals surface area contributed by atoms with Crippen molar-refractivity contribution in [1.82, 2.24) is 9.78 Å². The molecule has 0 amide bonds. The van der Waals surface area contributed by atoms with Gasteiger partial charge < -0.3 is 5.32 Å². The molecule has 0 bridgehead atoms. The van der Waals surface area contributed by atoms with Gasteiger partial charge in [-0.25, -0.2) is 4.68 Å². The SMILES string of the molecule is CCCCn1ncc(NCC2CCSCC2)c(Br)c1=O. The summed E-state index contributed by atoms with van der Waals surface area (Å²) in [6, 6.07) is 0. The molecule has 0 spiro atoms. The van der Waals surface area contributed by atoms with E-state index in [-0.39, 0.29) is 5.56 Å². The fraction of sp³-hybridized carbons (Fsp3) is 0.714. The zero-order valence-corrected chi connectivity index (χ0v) is 14.3. The lowest BCUT2D eigenvalue weighted by atomic mass is 10.0. The lowest BCUT2D eigenvalue weighted by Crippen LogP contribution is -2.26. The van der Waals surface area contributed by atoms with Crippen LogP contribution < -0.4 is 10.9 Å². The number of aromatic nitrogens is 2. The Balaban J connectivity index is 1.97. The zero-order chi connectivity index (χ0) is 14.4. The number of unbranched alkanes of at least 4 members (excludes halogenated alkanes) is 1. The van der Waals surface area contributed by atoms with Crippen LogP contribution in [0.5, 0.6) is 0 Å². The number of halogens is 1. The molecule has 0 atom stereocenters. The summed E-state index contributed by atoms with van der Waals surface area (Å²) in [5.41, 5.74) is 0.781. The largest absolute Gasteiger partial charge is 0.382 e. The third-order valence-corrected chi connectivity index (χ3v) is 5.45. The summed E-state index contributed by atoms with van der Waals surface area (Å²) in [6.45, 7) is 3.73. The maximum atomic E-state index is 12.2. The van der Waals surface area contributed by atoms with E-state index >= 15 is 0 Å². The van der Waals surface area contributed by atoms with Crippen LogP contribution in [0.2, 0.25) is 0 Å². The molecule has 0 radical (unpaired) electrons. The third-order valence-electron chi connectivity index (χ3n) is 3.63. The fourth-order valence-corrected chi connectivity index (χ4v) is 3.91. The number of hydrogen-bond acceptors (Lipinski definition) is 4. The van der Waals surface area contributed by atoms with E-state index in [4.69, 9.17) is 0 Å². The molecule has 2 rings (SSSR count). The molecule has 20 heavy (non-hydrogen) atoms. The molecule has 1 aliphatic rings. The van der Waals surface area contributed by atoms with Gasteiger partial charge >= 0.3 is 0 Å². The molecule has 1 fully saturated rings. The Morgan fingerprint density at radius 1 is 1.50 bits per heavy atom. The number of nitrogens with zero attached hydrogens (tertiary/aromatic N) is 2. The molecule has 2 heterocycles. The van der Waals surface area contributed by atoms with Gasteiger partial charge in [0.2, 0.25) is 0 Å². The highest BCUT2D eigenvalue weighted by atomic mass is 79.9. The van der Waals surface area contributed by atoms with Crippen LogP contribution >= 0.6 is 27.7 Å². The smallest absolute Gasteiger partial charge is 0.283 e. The Bertz CT molecular complexity index is 486. The molecule has 1 aromatic heterocycles. The minimum absolute atomic E-state index is 0.0392. The van der Waals surface area contributed by atoms with Crippen molar-refractivity contribution in [2.75, 3.05) is 23.4 Å². The molecule has 1 N–H and O–H groups in total. The Kier molecular flexibility index (Phi) is 6.42. The van der Waals surface area contributed by atoms with Crippen molar-refractivity contribution in [3.63, 3.8) is 0 Å². The first-order valence-corrected chi connectivity index (χ1v) is 9.24. The standard InChI is InChI=1S/C14H22BrN3OS/c1-2-3-6-18-14(19)13(15)12(10-17-18)16-9-11-4-7-20-8-5-11/h10-11,16H,2-9H2,1H3. The van der Waals surface area contributed by atoms with Gasteiger partial charge in [0.05, 0.1) is 11.9 Å². The zero-order valence-electron chi connectivity index (χ0n) is 11.9. The highest BCUT2D eigenvalue weighted by Gasteiger charge is 2.15. The van der Waals surface area contributed by atoms with E-state index in [0.717, 1.165) is 25.1 Å². The molecule has 0 aliphatic carbocycles. The van der Waals surface area contributed by atoms with Gasteiger partial charge in [-0.3, -0.25) is 4.79 Å². The molecule has 6 heteroatoms. The van der Waals surface area contributed by atoms with Gasteiger partial charge in [-0.15, -0.1) is 0 Å².